The maximum absolute atomic E-state index is 13.9. The van der Waals surface area contributed by atoms with Crippen molar-refractivity contribution < 1.29 is 27.1 Å². The largest absolute Gasteiger partial charge is 0.481 e. The first-order chi connectivity index (χ1) is 10.6. The molecular formula is C15H18F4N2O2. The number of benzene rings is 1. The summed E-state index contributed by atoms with van der Waals surface area (Å²) in [6.07, 6.45) is -4.52. The fraction of sp³-hybridized carbons (Fsp3) is 0.533. The van der Waals surface area contributed by atoms with Crippen molar-refractivity contribution in [2.45, 2.75) is 32.1 Å². The van der Waals surface area contributed by atoms with Crippen LogP contribution in [0.5, 0.6) is 5.75 Å². The van der Waals surface area contributed by atoms with Gasteiger partial charge in [0.15, 0.2) is 18.2 Å². The van der Waals surface area contributed by atoms with Crippen molar-refractivity contribution in [2.24, 2.45) is 0 Å². The van der Waals surface area contributed by atoms with Gasteiger partial charge >= 0.3 is 6.18 Å². The van der Waals surface area contributed by atoms with Crippen molar-refractivity contribution in [1.29, 1.82) is 0 Å². The molecule has 1 aromatic carbocycles. The smallest absolute Gasteiger partial charge is 0.422 e. The molecule has 1 amide bonds. The van der Waals surface area contributed by atoms with Crippen molar-refractivity contribution in [2.75, 3.05) is 19.7 Å². The van der Waals surface area contributed by atoms with E-state index in [9.17, 15) is 22.4 Å². The Hall–Kier alpha value is -1.83. The van der Waals surface area contributed by atoms with E-state index in [1.807, 2.05) is 4.90 Å². The first kappa shape index (κ1) is 17.5. The molecule has 8 heteroatoms. The van der Waals surface area contributed by atoms with E-state index in [0.717, 1.165) is 6.07 Å². The average Bonchev–Trinajstić information content (AvgIpc) is 2.42. The Morgan fingerprint density at radius 1 is 1.35 bits per heavy atom. The third-order valence-corrected chi connectivity index (χ3v) is 3.77. The molecule has 128 valence electrons. The van der Waals surface area contributed by atoms with Crippen LogP contribution < -0.4 is 10.1 Å². The molecule has 1 aliphatic rings. The highest BCUT2D eigenvalue weighted by Gasteiger charge is 2.37. The fourth-order valence-electron chi connectivity index (χ4n) is 2.36. The van der Waals surface area contributed by atoms with E-state index in [-0.39, 0.29) is 5.91 Å². The summed E-state index contributed by atoms with van der Waals surface area (Å²) in [4.78, 5) is 13.7. The first-order valence-electron chi connectivity index (χ1n) is 7.11. The van der Waals surface area contributed by atoms with Gasteiger partial charge in [0, 0.05) is 19.6 Å². The minimum Gasteiger partial charge on any atom is -0.481 e. The van der Waals surface area contributed by atoms with Crippen molar-refractivity contribution in [1.82, 2.24) is 10.2 Å². The molecule has 1 aromatic rings. The number of halogens is 4. The van der Waals surface area contributed by atoms with E-state index in [2.05, 4.69) is 10.1 Å². The van der Waals surface area contributed by atoms with Gasteiger partial charge in [-0.15, -0.1) is 0 Å². The summed E-state index contributed by atoms with van der Waals surface area (Å²) in [5, 5.41) is 2.76. The molecule has 23 heavy (non-hydrogen) atoms. The van der Waals surface area contributed by atoms with Crippen molar-refractivity contribution in [3.8, 4) is 5.75 Å². The van der Waals surface area contributed by atoms with E-state index in [0.29, 0.717) is 25.2 Å². The lowest BCUT2D eigenvalue weighted by atomic mass is 9.98. The van der Waals surface area contributed by atoms with Gasteiger partial charge in [-0.3, -0.25) is 9.69 Å². The molecule has 1 heterocycles. The second-order valence-electron chi connectivity index (χ2n) is 5.91. The Morgan fingerprint density at radius 2 is 2.04 bits per heavy atom. The van der Waals surface area contributed by atoms with Crippen LogP contribution in [0.3, 0.4) is 0 Å². The molecule has 1 aliphatic heterocycles. The van der Waals surface area contributed by atoms with Gasteiger partial charge in [-0.2, -0.15) is 13.2 Å². The summed E-state index contributed by atoms with van der Waals surface area (Å²) in [6.45, 7) is 3.40. The molecule has 1 saturated heterocycles. The summed E-state index contributed by atoms with van der Waals surface area (Å²) in [6, 6.07) is 3.80. The maximum atomic E-state index is 13.9. The summed E-state index contributed by atoms with van der Waals surface area (Å²) < 4.78 is 54.6. The molecule has 2 rings (SSSR count). The first-order valence-corrected chi connectivity index (χ1v) is 7.11. The molecule has 0 aliphatic carbocycles. The molecule has 0 saturated carbocycles. The monoisotopic (exact) mass is 334 g/mol. The summed E-state index contributed by atoms with van der Waals surface area (Å²) >= 11 is 0. The SMILES string of the molecule is CC1(C)C(=O)NCCN1Cc1ccc(OCC(F)(F)F)c(F)c1. The third kappa shape index (κ3) is 4.34. The highest BCUT2D eigenvalue weighted by molar-refractivity contribution is 5.86. The van der Waals surface area contributed by atoms with Crippen molar-refractivity contribution in [3.05, 3.63) is 29.6 Å². The standard InChI is InChI=1S/C15H18F4N2O2/c1-14(2)13(22)20-5-6-21(14)8-10-3-4-12(11(16)7-10)23-9-15(17,18)19/h3-4,7H,5-6,8-9H2,1-2H3,(H,20,22). The second kappa shape index (κ2) is 6.35. The Bertz CT molecular complexity index is 587. The van der Waals surface area contributed by atoms with Crippen LogP contribution in [0, 0.1) is 5.82 Å². The molecule has 0 radical (unpaired) electrons. The van der Waals surface area contributed by atoms with Gasteiger partial charge in [0.1, 0.15) is 0 Å². The average molecular weight is 334 g/mol. The Kier molecular flexibility index (Phi) is 4.84. The van der Waals surface area contributed by atoms with Crippen LogP contribution in [0.4, 0.5) is 17.6 Å². The lowest BCUT2D eigenvalue weighted by Gasteiger charge is -2.41. The number of ether oxygens (including phenoxy) is 1. The van der Waals surface area contributed by atoms with Crippen LogP contribution in [0.2, 0.25) is 0 Å². The van der Waals surface area contributed by atoms with Crippen molar-refractivity contribution in [3.63, 3.8) is 0 Å². The summed E-state index contributed by atoms with van der Waals surface area (Å²) in [5.74, 6) is -1.41. The van der Waals surface area contributed by atoms with Gasteiger partial charge in [0.2, 0.25) is 5.91 Å². The fourth-order valence-corrected chi connectivity index (χ4v) is 2.36. The number of rotatable bonds is 4. The van der Waals surface area contributed by atoms with Crippen LogP contribution in [0.15, 0.2) is 18.2 Å². The van der Waals surface area contributed by atoms with E-state index in [1.165, 1.54) is 12.1 Å². The molecule has 4 nitrogen and oxygen atoms in total. The molecule has 1 fully saturated rings. The normalized spacial score (nSPS) is 18.6. The number of nitrogens with zero attached hydrogens (tertiary/aromatic N) is 1. The Labute approximate surface area is 131 Å². The molecule has 0 bridgehead atoms. The van der Waals surface area contributed by atoms with Gasteiger partial charge in [0.05, 0.1) is 5.54 Å². The van der Waals surface area contributed by atoms with Gasteiger partial charge < -0.3 is 10.1 Å². The van der Waals surface area contributed by atoms with Crippen LogP contribution in [-0.4, -0.2) is 42.2 Å². The van der Waals surface area contributed by atoms with E-state index >= 15 is 0 Å². The zero-order valence-corrected chi connectivity index (χ0v) is 12.8. The number of carbonyl (C=O) groups excluding carboxylic acids is 1. The quantitative estimate of drug-likeness (QED) is 0.860. The lowest BCUT2D eigenvalue weighted by molar-refractivity contribution is -0.153. The third-order valence-electron chi connectivity index (χ3n) is 3.77. The van der Waals surface area contributed by atoms with Gasteiger partial charge in [0.25, 0.3) is 0 Å². The molecule has 0 atom stereocenters. The molecule has 0 unspecified atom stereocenters. The zero-order valence-electron chi connectivity index (χ0n) is 12.8. The van der Waals surface area contributed by atoms with E-state index < -0.39 is 29.9 Å². The minimum absolute atomic E-state index is 0.116. The van der Waals surface area contributed by atoms with E-state index in [1.54, 1.807) is 13.8 Å². The van der Waals surface area contributed by atoms with Gasteiger partial charge in [-0.25, -0.2) is 4.39 Å². The molecule has 0 spiro atoms. The van der Waals surface area contributed by atoms with Gasteiger partial charge in [-0.05, 0) is 31.5 Å². The molecule has 0 aromatic heterocycles. The molecule has 1 N–H and O–H groups in total. The van der Waals surface area contributed by atoms with Gasteiger partial charge in [-0.1, -0.05) is 6.07 Å². The number of hydrogen-bond donors (Lipinski definition) is 1. The van der Waals surface area contributed by atoms with Crippen LogP contribution >= 0.6 is 0 Å². The van der Waals surface area contributed by atoms with Crippen LogP contribution in [0.1, 0.15) is 19.4 Å². The number of nitrogens with one attached hydrogen (secondary N) is 1. The topological polar surface area (TPSA) is 41.6 Å². The number of carbonyl (C=O) groups is 1. The predicted octanol–water partition coefficient (Wildman–Crippen LogP) is 2.48. The Balaban J connectivity index is 2.07. The lowest BCUT2D eigenvalue weighted by Crippen LogP contribution is -2.61. The minimum atomic E-state index is -4.52. The number of alkyl halides is 3. The summed E-state index contributed by atoms with van der Waals surface area (Å²) in [7, 11) is 0. The number of hydrogen-bond acceptors (Lipinski definition) is 3. The van der Waals surface area contributed by atoms with Crippen LogP contribution in [0.25, 0.3) is 0 Å². The Morgan fingerprint density at radius 3 is 2.65 bits per heavy atom. The second-order valence-corrected chi connectivity index (χ2v) is 5.91. The zero-order chi connectivity index (χ0) is 17.3. The number of piperazine rings is 1. The van der Waals surface area contributed by atoms with Crippen LogP contribution in [-0.2, 0) is 11.3 Å². The maximum Gasteiger partial charge on any atom is 0.422 e. The predicted molar refractivity (Wildman–Crippen MR) is 75.4 cm³/mol. The van der Waals surface area contributed by atoms with Crippen molar-refractivity contribution >= 4 is 5.91 Å². The summed E-state index contributed by atoms with van der Waals surface area (Å²) in [5.41, 5.74) is -0.176. The highest BCUT2D eigenvalue weighted by Crippen LogP contribution is 2.25. The number of amides is 1. The molecular weight excluding hydrogens is 316 g/mol. The highest BCUT2D eigenvalue weighted by atomic mass is 19.4. The van der Waals surface area contributed by atoms with E-state index in [4.69, 9.17) is 0 Å².